The number of rotatable bonds is 8. The summed E-state index contributed by atoms with van der Waals surface area (Å²) in [6.07, 6.45) is 5.26. The molecular formula is C20H29N5O. The number of hydrogen-bond acceptors (Lipinski definition) is 6. The molecule has 3 rings (SSSR count). The molecule has 6 nitrogen and oxygen atoms in total. The minimum atomic E-state index is 0.598. The van der Waals surface area contributed by atoms with E-state index in [1.165, 1.54) is 18.5 Å². The van der Waals surface area contributed by atoms with E-state index < -0.39 is 0 Å². The summed E-state index contributed by atoms with van der Waals surface area (Å²) in [5.41, 5.74) is 2.28. The topological polar surface area (TPSA) is 62.3 Å². The Hall–Kier alpha value is -2.34. The Morgan fingerprint density at radius 2 is 1.92 bits per heavy atom. The van der Waals surface area contributed by atoms with Crippen molar-refractivity contribution in [3.05, 3.63) is 36.5 Å². The van der Waals surface area contributed by atoms with Crippen molar-refractivity contribution in [1.29, 1.82) is 0 Å². The average Bonchev–Trinajstić information content (AvgIpc) is 2.67. The molecule has 1 aromatic heterocycles. The van der Waals surface area contributed by atoms with Crippen molar-refractivity contribution in [2.45, 2.75) is 26.2 Å². The summed E-state index contributed by atoms with van der Waals surface area (Å²) < 4.78 is 5.05. The number of ether oxygens (including phenoxy) is 1. The molecule has 0 unspecified atom stereocenters. The second-order valence-corrected chi connectivity index (χ2v) is 6.88. The molecule has 1 fully saturated rings. The molecule has 0 atom stereocenters. The van der Waals surface area contributed by atoms with Crippen molar-refractivity contribution in [2.24, 2.45) is 5.92 Å². The molecule has 2 N–H and O–H groups in total. The largest absolute Gasteiger partial charge is 0.385 e. The summed E-state index contributed by atoms with van der Waals surface area (Å²) in [6.45, 7) is 6.20. The van der Waals surface area contributed by atoms with Gasteiger partial charge < -0.3 is 20.3 Å². The van der Waals surface area contributed by atoms with Gasteiger partial charge in [-0.25, -0.2) is 4.98 Å². The van der Waals surface area contributed by atoms with Crippen LogP contribution in [0.15, 0.2) is 36.5 Å². The second kappa shape index (κ2) is 9.38. The van der Waals surface area contributed by atoms with Crippen molar-refractivity contribution in [3.8, 4) is 0 Å². The fraction of sp³-hybridized carbons (Fsp3) is 0.500. The van der Waals surface area contributed by atoms with Crippen molar-refractivity contribution < 1.29 is 4.74 Å². The number of methoxy groups -OCH3 is 1. The van der Waals surface area contributed by atoms with Gasteiger partial charge >= 0.3 is 0 Å². The zero-order valence-electron chi connectivity index (χ0n) is 15.7. The lowest BCUT2D eigenvalue weighted by Gasteiger charge is -2.32. The maximum absolute atomic E-state index is 5.05. The number of benzene rings is 1. The summed E-state index contributed by atoms with van der Waals surface area (Å²) >= 11 is 0. The van der Waals surface area contributed by atoms with E-state index in [0.717, 1.165) is 50.1 Å². The standard InChI is InChI=1S/C20H29N5O/c1-16-9-13-25(14-10-16)18-6-4-17(5-7-18)23-20-22-12-8-19(24-20)21-11-3-15-26-2/h4-8,12,16H,3,9-11,13-15H2,1-2H3,(H2,21,22,23,24). The summed E-state index contributed by atoms with van der Waals surface area (Å²) in [4.78, 5) is 11.3. The number of nitrogens with zero attached hydrogens (tertiary/aromatic N) is 3. The van der Waals surface area contributed by atoms with E-state index in [9.17, 15) is 0 Å². The first-order valence-corrected chi connectivity index (χ1v) is 9.42. The molecule has 0 radical (unpaired) electrons. The highest BCUT2D eigenvalue weighted by molar-refractivity contribution is 5.60. The molecule has 0 bridgehead atoms. The van der Waals surface area contributed by atoms with E-state index in [2.05, 4.69) is 56.7 Å². The molecule has 1 aliphatic heterocycles. The van der Waals surface area contributed by atoms with Gasteiger partial charge in [0, 0.05) is 50.9 Å². The van der Waals surface area contributed by atoms with Crippen LogP contribution in [-0.2, 0) is 4.74 Å². The lowest BCUT2D eigenvalue weighted by Crippen LogP contribution is -2.32. The molecule has 2 heterocycles. The maximum Gasteiger partial charge on any atom is 0.229 e. The van der Waals surface area contributed by atoms with E-state index in [1.54, 1.807) is 13.3 Å². The van der Waals surface area contributed by atoms with Gasteiger partial charge in [0.05, 0.1) is 0 Å². The smallest absolute Gasteiger partial charge is 0.229 e. The van der Waals surface area contributed by atoms with E-state index in [1.807, 2.05) is 6.07 Å². The first kappa shape index (κ1) is 18.5. The van der Waals surface area contributed by atoms with Gasteiger partial charge in [0.15, 0.2) is 0 Å². The summed E-state index contributed by atoms with van der Waals surface area (Å²) in [5, 5.41) is 6.56. The molecule has 6 heteroatoms. The first-order chi connectivity index (χ1) is 12.7. The van der Waals surface area contributed by atoms with Gasteiger partial charge in [-0.3, -0.25) is 0 Å². The second-order valence-electron chi connectivity index (χ2n) is 6.88. The third-order valence-corrected chi connectivity index (χ3v) is 4.76. The van der Waals surface area contributed by atoms with Crippen LogP contribution in [0.4, 0.5) is 23.1 Å². The van der Waals surface area contributed by atoms with Crippen LogP contribution in [0.1, 0.15) is 26.2 Å². The van der Waals surface area contributed by atoms with Crippen LogP contribution >= 0.6 is 0 Å². The van der Waals surface area contributed by atoms with E-state index in [4.69, 9.17) is 4.74 Å². The number of hydrogen-bond donors (Lipinski definition) is 2. The molecule has 0 saturated carbocycles. The third-order valence-electron chi connectivity index (χ3n) is 4.76. The van der Waals surface area contributed by atoms with Crippen LogP contribution in [0.25, 0.3) is 0 Å². The van der Waals surface area contributed by atoms with Gasteiger partial charge in [-0.05, 0) is 55.5 Å². The predicted molar refractivity (Wildman–Crippen MR) is 107 cm³/mol. The molecule has 140 valence electrons. The minimum absolute atomic E-state index is 0.598. The van der Waals surface area contributed by atoms with Crippen molar-refractivity contribution in [3.63, 3.8) is 0 Å². The Bertz CT molecular complexity index is 668. The van der Waals surface area contributed by atoms with Crippen LogP contribution in [0.5, 0.6) is 0 Å². The fourth-order valence-corrected chi connectivity index (χ4v) is 3.10. The normalized spacial score (nSPS) is 15.1. The highest BCUT2D eigenvalue weighted by Gasteiger charge is 2.15. The number of aromatic nitrogens is 2. The third kappa shape index (κ3) is 5.33. The lowest BCUT2D eigenvalue weighted by atomic mass is 9.99. The Morgan fingerprint density at radius 1 is 1.15 bits per heavy atom. The Balaban J connectivity index is 1.55. The molecular weight excluding hydrogens is 326 g/mol. The number of piperidine rings is 1. The SMILES string of the molecule is COCCCNc1ccnc(Nc2ccc(N3CCC(C)CC3)cc2)n1. The summed E-state index contributed by atoms with van der Waals surface area (Å²) in [7, 11) is 1.71. The lowest BCUT2D eigenvalue weighted by molar-refractivity contribution is 0.198. The highest BCUT2D eigenvalue weighted by atomic mass is 16.5. The average molecular weight is 355 g/mol. The zero-order valence-corrected chi connectivity index (χ0v) is 15.7. The number of nitrogens with one attached hydrogen (secondary N) is 2. The van der Waals surface area contributed by atoms with Crippen LogP contribution in [-0.4, -0.2) is 43.3 Å². The van der Waals surface area contributed by atoms with Crippen LogP contribution in [0.3, 0.4) is 0 Å². The Kier molecular flexibility index (Phi) is 6.66. The predicted octanol–water partition coefficient (Wildman–Crippen LogP) is 3.90. The molecule has 1 saturated heterocycles. The van der Waals surface area contributed by atoms with Crippen LogP contribution in [0, 0.1) is 5.92 Å². The first-order valence-electron chi connectivity index (χ1n) is 9.42. The van der Waals surface area contributed by atoms with Gasteiger partial charge in [0.25, 0.3) is 0 Å². The van der Waals surface area contributed by atoms with Crippen molar-refractivity contribution in [1.82, 2.24) is 9.97 Å². The molecule has 2 aromatic rings. The van der Waals surface area contributed by atoms with Crippen LogP contribution in [0.2, 0.25) is 0 Å². The molecule has 0 aliphatic carbocycles. The quantitative estimate of drug-likeness (QED) is 0.700. The van der Waals surface area contributed by atoms with Crippen molar-refractivity contribution >= 4 is 23.1 Å². The van der Waals surface area contributed by atoms with Gasteiger partial charge in [-0.15, -0.1) is 0 Å². The van der Waals surface area contributed by atoms with Gasteiger partial charge in [0.1, 0.15) is 5.82 Å². The van der Waals surface area contributed by atoms with E-state index >= 15 is 0 Å². The highest BCUT2D eigenvalue weighted by Crippen LogP contribution is 2.25. The Labute approximate surface area is 156 Å². The fourth-order valence-electron chi connectivity index (χ4n) is 3.10. The van der Waals surface area contributed by atoms with Crippen molar-refractivity contribution in [2.75, 3.05) is 48.9 Å². The number of anilines is 4. The summed E-state index contributed by atoms with van der Waals surface area (Å²) in [5.74, 6) is 2.26. The monoisotopic (exact) mass is 355 g/mol. The molecule has 1 aliphatic rings. The Morgan fingerprint density at radius 3 is 2.65 bits per heavy atom. The molecule has 26 heavy (non-hydrogen) atoms. The van der Waals surface area contributed by atoms with Gasteiger partial charge in [-0.1, -0.05) is 6.92 Å². The van der Waals surface area contributed by atoms with Gasteiger partial charge in [0.2, 0.25) is 5.95 Å². The minimum Gasteiger partial charge on any atom is -0.385 e. The van der Waals surface area contributed by atoms with E-state index in [0.29, 0.717) is 5.95 Å². The van der Waals surface area contributed by atoms with Crippen LogP contribution < -0.4 is 15.5 Å². The maximum atomic E-state index is 5.05. The molecule has 1 aromatic carbocycles. The zero-order chi connectivity index (χ0) is 18.2. The summed E-state index contributed by atoms with van der Waals surface area (Å²) in [6, 6.07) is 10.4. The van der Waals surface area contributed by atoms with Gasteiger partial charge in [-0.2, -0.15) is 4.98 Å². The molecule has 0 spiro atoms. The van der Waals surface area contributed by atoms with E-state index in [-0.39, 0.29) is 0 Å². The molecule has 0 amide bonds.